The molecule has 2 heterocycles. The number of nitrogens with zero attached hydrogens (tertiary/aromatic N) is 3. The molecule has 0 spiro atoms. The lowest BCUT2D eigenvalue weighted by atomic mass is 10.5. The Morgan fingerprint density at radius 1 is 1.06 bits per heavy atom. The SMILES string of the molecule is Nc1nc(N)c2[nH]c(N)nc2n1.O=S(=O)(O)O. The van der Waals surface area contributed by atoms with Crippen molar-refractivity contribution in [3.05, 3.63) is 0 Å². The topological polar surface area (TPSA) is 207 Å². The molecule has 11 nitrogen and oxygen atoms in total. The van der Waals surface area contributed by atoms with E-state index in [1.54, 1.807) is 0 Å². The van der Waals surface area contributed by atoms with Gasteiger partial charge >= 0.3 is 10.4 Å². The Morgan fingerprint density at radius 3 is 2.12 bits per heavy atom. The summed E-state index contributed by atoms with van der Waals surface area (Å²) in [6.45, 7) is 0. The van der Waals surface area contributed by atoms with Crippen molar-refractivity contribution in [1.29, 1.82) is 0 Å². The van der Waals surface area contributed by atoms with Crippen LogP contribution in [0.1, 0.15) is 0 Å². The van der Waals surface area contributed by atoms with E-state index in [1.165, 1.54) is 0 Å². The number of nitrogen functional groups attached to an aromatic ring is 3. The minimum absolute atomic E-state index is 0.0894. The average molecular weight is 263 g/mol. The summed E-state index contributed by atoms with van der Waals surface area (Å²) in [4.78, 5) is 14.1. The zero-order chi connectivity index (χ0) is 13.2. The molecule has 0 amide bonds. The highest BCUT2D eigenvalue weighted by atomic mass is 32.3. The number of H-pyrrole nitrogens is 1. The van der Waals surface area contributed by atoms with Crippen molar-refractivity contribution in [3.8, 4) is 0 Å². The van der Waals surface area contributed by atoms with Crippen LogP contribution in [0.5, 0.6) is 0 Å². The van der Waals surface area contributed by atoms with Gasteiger partial charge in [0.2, 0.25) is 5.95 Å². The van der Waals surface area contributed by atoms with Crippen molar-refractivity contribution in [1.82, 2.24) is 19.9 Å². The smallest absolute Gasteiger partial charge is 0.382 e. The first kappa shape index (κ1) is 12.9. The van der Waals surface area contributed by atoms with Crippen LogP contribution in [0, 0.1) is 0 Å². The van der Waals surface area contributed by atoms with Gasteiger partial charge in [-0.3, -0.25) is 9.11 Å². The second kappa shape index (κ2) is 4.36. The molecule has 0 unspecified atom stereocenters. The van der Waals surface area contributed by atoms with Crippen LogP contribution in [0.15, 0.2) is 0 Å². The minimum Gasteiger partial charge on any atom is -0.382 e. The van der Waals surface area contributed by atoms with Gasteiger partial charge in [-0.1, -0.05) is 0 Å². The minimum atomic E-state index is -4.67. The summed E-state index contributed by atoms with van der Waals surface area (Å²) in [6, 6.07) is 0. The maximum absolute atomic E-state index is 8.74. The molecule has 0 fully saturated rings. The monoisotopic (exact) mass is 263 g/mol. The van der Waals surface area contributed by atoms with Crippen molar-refractivity contribution in [2.24, 2.45) is 0 Å². The van der Waals surface area contributed by atoms with E-state index in [0.29, 0.717) is 11.2 Å². The van der Waals surface area contributed by atoms with Crippen LogP contribution in [-0.2, 0) is 10.4 Å². The third kappa shape index (κ3) is 4.06. The highest BCUT2D eigenvalue weighted by molar-refractivity contribution is 7.79. The number of fused-ring (bicyclic) bond motifs is 1. The summed E-state index contributed by atoms with van der Waals surface area (Å²) >= 11 is 0. The Hall–Kier alpha value is -2.18. The second-order valence-electron chi connectivity index (χ2n) is 2.74. The van der Waals surface area contributed by atoms with Crippen molar-refractivity contribution in [3.63, 3.8) is 0 Å². The predicted molar refractivity (Wildman–Crippen MR) is 59.1 cm³/mol. The Kier molecular flexibility index (Phi) is 3.31. The van der Waals surface area contributed by atoms with Crippen molar-refractivity contribution < 1.29 is 17.5 Å². The highest BCUT2D eigenvalue weighted by Gasteiger charge is 2.06. The molecule has 12 heteroatoms. The van der Waals surface area contributed by atoms with Gasteiger partial charge in [0.1, 0.15) is 5.52 Å². The zero-order valence-corrected chi connectivity index (χ0v) is 9.01. The molecule has 0 aliphatic heterocycles. The van der Waals surface area contributed by atoms with Crippen LogP contribution in [-0.4, -0.2) is 37.5 Å². The number of rotatable bonds is 0. The molecule has 94 valence electrons. The van der Waals surface area contributed by atoms with Crippen molar-refractivity contribution >= 4 is 39.3 Å². The van der Waals surface area contributed by atoms with Crippen LogP contribution in [0.3, 0.4) is 0 Å². The lowest BCUT2D eigenvalue weighted by Crippen LogP contribution is -1.99. The summed E-state index contributed by atoms with van der Waals surface area (Å²) in [5, 5.41) is 0. The van der Waals surface area contributed by atoms with E-state index in [-0.39, 0.29) is 17.7 Å². The summed E-state index contributed by atoms with van der Waals surface area (Å²) in [5.74, 6) is 0.588. The fourth-order valence-corrected chi connectivity index (χ4v) is 0.954. The van der Waals surface area contributed by atoms with Gasteiger partial charge in [0.25, 0.3) is 0 Å². The number of imidazole rings is 1. The van der Waals surface area contributed by atoms with Crippen LogP contribution >= 0.6 is 0 Å². The Morgan fingerprint density at radius 2 is 1.59 bits per heavy atom. The Bertz CT molecular complexity index is 627. The number of anilines is 3. The lowest BCUT2D eigenvalue weighted by molar-refractivity contribution is 0.381. The average Bonchev–Trinajstić information content (AvgIpc) is 2.42. The maximum atomic E-state index is 8.74. The van der Waals surface area contributed by atoms with Crippen molar-refractivity contribution in [2.75, 3.05) is 17.2 Å². The number of hydrogen-bond donors (Lipinski definition) is 6. The van der Waals surface area contributed by atoms with Gasteiger partial charge in [-0.25, -0.2) is 0 Å². The molecule has 0 bridgehead atoms. The number of nitrogens with two attached hydrogens (primary N) is 3. The van der Waals surface area contributed by atoms with Crippen LogP contribution < -0.4 is 17.2 Å². The molecule has 17 heavy (non-hydrogen) atoms. The van der Waals surface area contributed by atoms with Gasteiger partial charge in [0.05, 0.1) is 0 Å². The lowest BCUT2D eigenvalue weighted by Gasteiger charge is -1.94. The molecular weight excluding hydrogens is 254 g/mol. The first-order valence-electron chi connectivity index (χ1n) is 3.91. The maximum Gasteiger partial charge on any atom is 0.394 e. The molecule has 0 aliphatic rings. The Balaban J connectivity index is 0.000000249. The largest absolute Gasteiger partial charge is 0.394 e. The normalized spacial score (nSPS) is 10.9. The van der Waals surface area contributed by atoms with Gasteiger partial charge in [-0.05, 0) is 0 Å². The summed E-state index contributed by atoms with van der Waals surface area (Å²) < 4.78 is 31.6. The molecule has 0 aliphatic carbocycles. The van der Waals surface area contributed by atoms with Gasteiger partial charge < -0.3 is 22.2 Å². The van der Waals surface area contributed by atoms with E-state index >= 15 is 0 Å². The van der Waals surface area contributed by atoms with E-state index in [1.807, 2.05) is 0 Å². The number of hydrogen-bond acceptors (Lipinski definition) is 8. The van der Waals surface area contributed by atoms with Crippen molar-refractivity contribution in [2.45, 2.75) is 0 Å². The van der Waals surface area contributed by atoms with E-state index in [4.69, 9.17) is 34.7 Å². The number of aromatic amines is 1. The molecule has 0 aromatic carbocycles. The molecular formula is C5H9N7O4S. The first-order chi connectivity index (χ1) is 7.66. The standard InChI is InChI=1S/C5H7N7.H2O4S/c6-2-1-3(11-4(7)9-1)12-5(8)10-2;1-5(2,3)4/h(H7,6,7,8,9,10,11,12);(H2,1,2,3,4). The fourth-order valence-electron chi connectivity index (χ4n) is 0.954. The number of nitrogens with one attached hydrogen (secondary N) is 1. The van der Waals surface area contributed by atoms with Gasteiger partial charge in [-0.2, -0.15) is 23.4 Å². The summed E-state index contributed by atoms with van der Waals surface area (Å²) in [5.41, 5.74) is 17.1. The molecule has 0 saturated carbocycles. The summed E-state index contributed by atoms with van der Waals surface area (Å²) in [6.07, 6.45) is 0. The summed E-state index contributed by atoms with van der Waals surface area (Å²) in [7, 11) is -4.67. The molecule has 2 aromatic rings. The van der Waals surface area contributed by atoms with E-state index in [2.05, 4.69) is 19.9 Å². The fraction of sp³-hybridized carbons (Fsp3) is 0. The molecule has 2 rings (SSSR count). The van der Waals surface area contributed by atoms with E-state index in [0.717, 1.165) is 0 Å². The van der Waals surface area contributed by atoms with Crippen LogP contribution in [0.2, 0.25) is 0 Å². The van der Waals surface area contributed by atoms with Gasteiger partial charge in [-0.15, -0.1) is 0 Å². The predicted octanol–water partition coefficient (Wildman–Crippen LogP) is -1.55. The molecule has 0 radical (unpaired) electrons. The molecule has 9 N–H and O–H groups in total. The van der Waals surface area contributed by atoms with E-state index in [9.17, 15) is 0 Å². The van der Waals surface area contributed by atoms with Crippen LogP contribution in [0.4, 0.5) is 17.7 Å². The van der Waals surface area contributed by atoms with Gasteiger partial charge in [0, 0.05) is 0 Å². The first-order valence-corrected chi connectivity index (χ1v) is 5.30. The molecule has 0 saturated heterocycles. The highest BCUT2D eigenvalue weighted by Crippen LogP contribution is 2.15. The Labute approximate surface area is 94.6 Å². The second-order valence-corrected chi connectivity index (χ2v) is 3.63. The van der Waals surface area contributed by atoms with Crippen LogP contribution in [0.25, 0.3) is 11.2 Å². The molecule has 2 aromatic heterocycles. The molecule has 0 atom stereocenters. The third-order valence-electron chi connectivity index (χ3n) is 1.41. The number of aromatic nitrogens is 4. The zero-order valence-electron chi connectivity index (χ0n) is 8.19. The quantitative estimate of drug-likeness (QED) is 0.301. The van der Waals surface area contributed by atoms with Gasteiger partial charge in [0.15, 0.2) is 17.4 Å². The third-order valence-corrected chi connectivity index (χ3v) is 1.41. The van der Waals surface area contributed by atoms with E-state index < -0.39 is 10.4 Å².